The van der Waals surface area contributed by atoms with Gasteiger partial charge in [0.15, 0.2) is 0 Å². The maximum atomic E-state index is 12.1. The Morgan fingerprint density at radius 3 is 2.26 bits per heavy atom. The van der Waals surface area contributed by atoms with Gasteiger partial charge in [-0.1, -0.05) is 48.5 Å². The van der Waals surface area contributed by atoms with Crippen molar-refractivity contribution in [3.05, 3.63) is 101 Å². The summed E-state index contributed by atoms with van der Waals surface area (Å²) in [7, 11) is 0. The van der Waals surface area contributed by atoms with Crippen LogP contribution in [0.1, 0.15) is 22.3 Å². The zero-order valence-corrected chi connectivity index (χ0v) is 15.6. The molecule has 1 amide bonds. The lowest BCUT2D eigenvalue weighted by Gasteiger charge is -2.06. The smallest absolute Gasteiger partial charge is 0.248 e. The second kappa shape index (κ2) is 8.86. The van der Waals surface area contributed by atoms with E-state index in [1.807, 2.05) is 80.6 Å². The van der Waals surface area contributed by atoms with Crippen molar-refractivity contribution in [3.8, 4) is 5.75 Å². The van der Waals surface area contributed by atoms with E-state index in [-0.39, 0.29) is 5.91 Å². The summed E-state index contributed by atoms with van der Waals surface area (Å²) in [6.45, 7) is 4.56. The zero-order valence-electron chi connectivity index (χ0n) is 15.6. The molecular weight excluding hydrogens is 334 g/mol. The van der Waals surface area contributed by atoms with Crippen LogP contribution in [0.5, 0.6) is 5.75 Å². The second-order valence-corrected chi connectivity index (χ2v) is 6.54. The zero-order chi connectivity index (χ0) is 19.1. The monoisotopic (exact) mass is 357 g/mol. The number of benzene rings is 3. The van der Waals surface area contributed by atoms with Crippen molar-refractivity contribution in [2.24, 2.45) is 0 Å². The highest BCUT2D eigenvalue weighted by molar-refractivity contribution is 6.02. The van der Waals surface area contributed by atoms with Gasteiger partial charge in [-0.15, -0.1) is 0 Å². The molecule has 0 fully saturated rings. The van der Waals surface area contributed by atoms with E-state index in [0.717, 1.165) is 33.7 Å². The maximum absolute atomic E-state index is 12.1. The molecule has 0 spiro atoms. The molecule has 0 heterocycles. The molecule has 136 valence electrons. The van der Waals surface area contributed by atoms with Crippen molar-refractivity contribution in [3.63, 3.8) is 0 Å². The number of anilines is 1. The summed E-state index contributed by atoms with van der Waals surface area (Å²) in [4.78, 5) is 12.1. The highest BCUT2D eigenvalue weighted by Gasteiger charge is 2.00. The number of ether oxygens (including phenoxy) is 1. The van der Waals surface area contributed by atoms with Crippen LogP contribution < -0.4 is 10.1 Å². The van der Waals surface area contributed by atoms with Gasteiger partial charge in [0.1, 0.15) is 12.4 Å². The lowest BCUT2D eigenvalue weighted by atomic mass is 10.1. The van der Waals surface area contributed by atoms with Crippen LogP contribution in [0.25, 0.3) is 6.08 Å². The lowest BCUT2D eigenvalue weighted by Crippen LogP contribution is -2.08. The normalized spacial score (nSPS) is 10.7. The average Bonchev–Trinajstić information content (AvgIpc) is 2.65. The first-order chi connectivity index (χ1) is 13.1. The van der Waals surface area contributed by atoms with Crippen LogP contribution in [-0.4, -0.2) is 5.91 Å². The third-order valence-electron chi connectivity index (χ3n) is 4.04. The molecule has 3 heteroatoms. The fourth-order valence-electron chi connectivity index (χ4n) is 2.82. The first kappa shape index (κ1) is 18.5. The second-order valence-electron chi connectivity index (χ2n) is 6.54. The standard InChI is InChI=1S/C24H23NO2/c1-18-14-19(2)16-22(15-18)25-24(26)13-10-20-8-11-23(12-9-20)27-17-21-6-4-3-5-7-21/h3-16H,17H2,1-2H3,(H,25,26). The Bertz CT molecular complexity index is 908. The number of rotatable bonds is 6. The van der Waals surface area contributed by atoms with Crippen molar-refractivity contribution in [1.82, 2.24) is 0 Å². The number of hydrogen-bond acceptors (Lipinski definition) is 2. The van der Waals surface area contributed by atoms with Crippen LogP contribution in [0.2, 0.25) is 0 Å². The van der Waals surface area contributed by atoms with Gasteiger partial charge in [-0.2, -0.15) is 0 Å². The van der Waals surface area contributed by atoms with E-state index < -0.39 is 0 Å². The Labute approximate surface area is 160 Å². The molecule has 0 radical (unpaired) electrons. The summed E-state index contributed by atoms with van der Waals surface area (Å²) in [6.07, 6.45) is 3.33. The summed E-state index contributed by atoms with van der Waals surface area (Å²) in [5.74, 6) is 0.653. The number of amides is 1. The number of carbonyl (C=O) groups excluding carboxylic acids is 1. The van der Waals surface area contributed by atoms with Crippen LogP contribution in [0, 0.1) is 13.8 Å². The van der Waals surface area contributed by atoms with Gasteiger partial charge in [0.05, 0.1) is 0 Å². The summed E-state index contributed by atoms with van der Waals surface area (Å²) < 4.78 is 5.77. The Hall–Kier alpha value is -3.33. The number of hydrogen-bond donors (Lipinski definition) is 1. The Balaban J connectivity index is 1.54. The Kier molecular flexibility index (Phi) is 6.06. The molecule has 0 unspecified atom stereocenters. The highest BCUT2D eigenvalue weighted by atomic mass is 16.5. The molecule has 3 nitrogen and oxygen atoms in total. The molecule has 3 aromatic carbocycles. The van der Waals surface area contributed by atoms with Crippen molar-refractivity contribution >= 4 is 17.7 Å². The van der Waals surface area contributed by atoms with Gasteiger partial charge < -0.3 is 10.1 Å². The van der Waals surface area contributed by atoms with Gasteiger partial charge in [-0.25, -0.2) is 0 Å². The molecular formula is C24H23NO2. The molecule has 27 heavy (non-hydrogen) atoms. The molecule has 1 N–H and O–H groups in total. The fourth-order valence-corrected chi connectivity index (χ4v) is 2.82. The third-order valence-corrected chi connectivity index (χ3v) is 4.04. The molecule has 0 saturated carbocycles. The minimum absolute atomic E-state index is 0.149. The summed E-state index contributed by atoms with van der Waals surface area (Å²) in [5, 5.41) is 2.89. The molecule has 0 atom stereocenters. The molecule has 0 saturated heterocycles. The third kappa shape index (κ3) is 5.86. The van der Waals surface area contributed by atoms with Gasteiger partial charge in [0.25, 0.3) is 0 Å². The first-order valence-electron chi connectivity index (χ1n) is 8.93. The SMILES string of the molecule is Cc1cc(C)cc(NC(=O)C=Cc2ccc(OCc3ccccc3)cc2)c1. The lowest BCUT2D eigenvalue weighted by molar-refractivity contribution is -0.111. The summed E-state index contributed by atoms with van der Waals surface area (Å²) >= 11 is 0. The molecule has 0 aliphatic carbocycles. The van der Waals surface area contributed by atoms with E-state index in [4.69, 9.17) is 4.74 Å². The summed E-state index contributed by atoms with van der Waals surface area (Å²) in [5.41, 5.74) is 5.13. The molecule has 0 aliphatic heterocycles. The predicted molar refractivity (Wildman–Crippen MR) is 111 cm³/mol. The van der Waals surface area contributed by atoms with Crippen LogP contribution in [0.4, 0.5) is 5.69 Å². The predicted octanol–water partition coefficient (Wildman–Crippen LogP) is 5.53. The molecule has 3 aromatic rings. The molecule has 0 aliphatic rings. The quantitative estimate of drug-likeness (QED) is 0.589. The van der Waals surface area contributed by atoms with Gasteiger partial charge in [-0.05, 0) is 66.4 Å². The van der Waals surface area contributed by atoms with E-state index in [0.29, 0.717) is 6.61 Å². The van der Waals surface area contributed by atoms with E-state index in [1.165, 1.54) is 6.08 Å². The number of carbonyl (C=O) groups is 1. The van der Waals surface area contributed by atoms with E-state index in [1.54, 1.807) is 6.08 Å². The minimum Gasteiger partial charge on any atom is -0.489 e. The minimum atomic E-state index is -0.149. The Morgan fingerprint density at radius 1 is 0.926 bits per heavy atom. The first-order valence-corrected chi connectivity index (χ1v) is 8.93. The van der Waals surface area contributed by atoms with Gasteiger partial charge in [-0.3, -0.25) is 4.79 Å². The number of aryl methyl sites for hydroxylation is 2. The number of nitrogens with one attached hydrogen (secondary N) is 1. The maximum Gasteiger partial charge on any atom is 0.248 e. The fraction of sp³-hybridized carbons (Fsp3) is 0.125. The topological polar surface area (TPSA) is 38.3 Å². The van der Waals surface area contributed by atoms with Crippen molar-refractivity contribution in [1.29, 1.82) is 0 Å². The van der Waals surface area contributed by atoms with Crippen LogP contribution in [-0.2, 0) is 11.4 Å². The summed E-state index contributed by atoms with van der Waals surface area (Å²) in [6, 6.07) is 23.7. The van der Waals surface area contributed by atoms with Crippen molar-refractivity contribution < 1.29 is 9.53 Å². The van der Waals surface area contributed by atoms with Crippen molar-refractivity contribution in [2.75, 3.05) is 5.32 Å². The molecule has 3 rings (SSSR count). The van der Waals surface area contributed by atoms with E-state index >= 15 is 0 Å². The van der Waals surface area contributed by atoms with Crippen LogP contribution >= 0.6 is 0 Å². The average molecular weight is 357 g/mol. The van der Waals surface area contributed by atoms with Crippen LogP contribution in [0.3, 0.4) is 0 Å². The Morgan fingerprint density at radius 2 is 1.59 bits per heavy atom. The largest absolute Gasteiger partial charge is 0.489 e. The van der Waals surface area contributed by atoms with Crippen molar-refractivity contribution in [2.45, 2.75) is 20.5 Å². The molecule has 0 aromatic heterocycles. The van der Waals surface area contributed by atoms with E-state index in [9.17, 15) is 4.79 Å². The van der Waals surface area contributed by atoms with Gasteiger partial charge in [0, 0.05) is 11.8 Å². The van der Waals surface area contributed by atoms with E-state index in [2.05, 4.69) is 11.4 Å². The van der Waals surface area contributed by atoms with Gasteiger partial charge in [0.2, 0.25) is 5.91 Å². The van der Waals surface area contributed by atoms with Gasteiger partial charge >= 0.3 is 0 Å². The molecule has 0 bridgehead atoms. The van der Waals surface area contributed by atoms with Crippen LogP contribution in [0.15, 0.2) is 78.9 Å². The highest BCUT2D eigenvalue weighted by Crippen LogP contribution is 2.16.